The van der Waals surface area contributed by atoms with E-state index in [1.165, 1.54) is 40.1 Å². The Morgan fingerprint density at radius 1 is 0.784 bits per heavy atom. The standard InChI is InChI=1S/C31H27ClFN3O/c32-27-12-7-13-28(29(27)33)35-31(37)34-22-18-25-23(20-8-3-1-4-9-20)14-16-36-17-15-24(26(19-22)30(25)36)21-10-5-2-6-11-21/h1-13,18-19,23-24H,14-17H2,(H2,34,35,37). The number of hydrogen-bond donors (Lipinski definition) is 2. The van der Waals surface area contributed by atoms with Crippen molar-refractivity contribution < 1.29 is 9.18 Å². The maximum absolute atomic E-state index is 14.4. The average molecular weight is 512 g/mol. The van der Waals surface area contributed by atoms with Gasteiger partial charge < -0.3 is 15.5 Å². The highest BCUT2D eigenvalue weighted by atomic mass is 35.5. The number of nitrogens with one attached hydrogen (secondary N) is 2. The maximum atomic E-state index is 14.4. The number of anilines is 3. The molecule has 2 atom stereocenters. The summed E-state index contributed by atoms with van der Waals surface area (Å²) in [5.41, 5.74) is 7.01. The van der Waals surface area contributed by atoms with Gasteiger partial charge in [0.2, 0.25) is 0 Å². The smallest absolute Gasteiger partial charge is 0.323 e. The van der Waals surface area contributed by atoms with E-state index in [4.69, 9.17) is 11.6 Å². The zero-order valence-electron chi connectivity index (χ0n) is 20.3. The maximum Gasteiger partial charge on any atom is 0.323 e. The van der Waals surface area contributed by atoms with Crippen molar-refractivity contribution >= 4 is 34.7 Å². The molecule has 0 saturated heterocycles. The summed E-state index contributed by atoms with van der Waals surface area (Å²) in [6, 6.07) is 29.3. The number of carbonyl (C=O) groups excluding carboxylic acids is 1. The monoisotopic (exact) mass is 511 g/mol. The summed E-state index contributed by atoms with van der Waals surface area (Å²) in [4.78, 5) is 15.4. The third-order valence-corrected chi connectivity index (χ3v) is 7.76. The molecule has 2 unspecified atom stereocenters. The summed E-state index contributed by atoms with van der Waals surface area (Å²) >= 11 is 5.89. The second-order valence-corrected chi connectivity index (χ2v) is 10.1. The first-order valence-electron chi connectivity index (χ1n) is 12.6. The van der Waals surface area contributed by atoms with Gasteiger partial charge in [0.25, 0.3) is 0 Å². The lowest BCUT2D eigenvalue weighted by Gasteiger charge is -2.43. The van der Waals surface area contributed by atoms with Crippen LogP contribution in [0, 0.1) is 5.82 Å². The van der Waals surface area contributed by atoms with E-state index in [0.717, 1.165) is 25.9 Å². The van der Waals surface area contributed by atoms with Gasteiger partial charge >= 0.3 is 6.03 Å². The minimum atomic E-state index is -0.649. The van der Waals surface area contributed by atoms with Crippen LogP contribution in [0.15, 0.2) is 91.0 Å². The summed E-state index contributed by atoms with van der Waals surface area (Å²) in [7, 11) is 0. The van der Waals surface area contributed by atoms with Crippen LogP contribution in [0.3, 0.4) is 0 Å². The van der Waals surface area contributed by atoms with Crippen LogP contribution in [0.4, 0.5) is 26.2 Å². The van der Waals surface area contributed by atoms with Gasteiger partial charge in [0, 0.05) is 36.3 Å². The molecule has 2 N–H and O–H groups in total. The Bertz CT molecular complexity index is 1370. The molecule has 2 aliphatic rings. The van der Waals surface area contributed by atoms with Gasteiger partial charge in [-0.2, -0.15) is 0 Å². The fraction of sp³-hybridized carbons (Fsp3) is 0.194. The normalized spacial score (nSPS) is 18.2. The van der Waals surface area contributed by atoms with Gasteiger partial charge in [-0.15, -0.1) is 0 Å². The van der Waals surface area contributed by atoms with Crippen LogP contribution < -0.4 is 15.5 Å². The van der Waals surface area contributed by atoms with Crippen LogP contribution >= 0.6 is 11.6 Å². The molecule has 2 aliphatic heterocycles. The lowest BCUT2D eigenvalue weighted by molar-refractivity contribution is 0.262. The number of carbonyl (C=O) groups is 1. The van der Waals surface area contributed by atoms with Crippen LogP contribution in [0.5, 0.6) is 0 Å². The van der Waals surface area contributed by atoms with E-state index < -0.39 is 11.8 Å². The summed E-state index contributed by atoms with van der Waals surface area (Å²) in [5.74, 6) is -0.185. The highest BCUT2D eigenvalue weighted by Crippen LogP contribution is 2.49. The Kier molecular flexibility index (Phi) is 6.31. The molecule has 0 spiro atoms. The summed E-state index contributed by atoms with van der Waals surface area (Å²) in [5, 5.41) is 5.54. The van der Waals surface area contributed by atoms with Gasteiger partial charge in [-0.3, -0.25) is 0 Å². The van der Waals surface area contributed by atoms with Gasteiger partial charge in [0.1, 0.15) is 0 Å². The van der Waals surface area contributed by atoms with Crippen LogP contribution in [0.1, 0.15) is 46.9 Å². The largest absolute Gasteiger partial charge is 0.371 e. The Morgan fingerprint density at radius 3 is 1.92 bits per heavy atom. The molecule has 2 amide bonds. The minimum Gasteiger partial charge on any atom is -0.371 e. The van der Waals surface area contributed by atoms with E-state index in [1.54, 1.807) is 6.07 Å². The summed E-state index contributed by atoms with van der Waals surface area (Å²) in [6.07, 6.45) is 2.02. The average Bonchev–Trinajstić information content (AvgIpc) is 2.92. The van der Waals surface area contributed by atoms with Crippen molar-refractivity contribution in [1.82, 2.24) is 0 Å². The number of amides is 2. The SMILES string of the molecule is O=C(Nc1cc2c3c(c1)C(c1ccccc1)CCN3CCC2c1ccccc1)Nc1cccc(Cl)c1F. The van der Waals surface area contributed by atoms with E-state index in [2.05, 4.69) is 76.2 Å². The Hall–Kier alpha value is -3.83. The highest BCUT2D eigenvalue weighted by Gasteiger charge is 2.35. The van der Waals surface area contributed by atoms with E-state index in [0.29, 0.717) is 5.69 Å². The Morgan fingerprint density at radius 2 is 1.35 bits per heavy atom. The van der Waals surface area contributed by atoms with Crippen molar-refractivity contribution in [2.75, 3.05) is 28.6 Å². The molecule has 37 heavy (non-hydrogen) atoms. The predicted octanol–water partition coefficient (Wildman–Crippen LogP) is 8.00. The first-order valence-corrected chi connectivity index (χ1v) is 13.0. The Labute approximate surface area is 221 Å². The van der Waals surface area contributed by atoms with Crippen molar-refractivity contribution in [1.29, 1.82) is 0 Å². The first kappa shape index (κ1) is 23.6. The van der Waals surface area contributed by atoms with Gasteiger partial charge in [-0.05, 0) is 59.4 Å². The number of hydrogen-bond acceptors (Lipinski definition) is 2. The van der Waals surface area contributed by atoms with Crippen LogP contribution in [-0.2, 0) is 0 Å². The second kappa shape index (κ2) is 9.91. The first-order chi connectivity index (χ1) is 18.1. The molecule has 6 heteroatoms. The molecule has 186 valence electrons. The van der Waals surface area contributed by atoms with Crippen LogP contribution in [0.25, 0.3) is 0 Å². The number of urea groups is 1. The number of nitrogens with zero attached hydrogens (tertiary/aromatic N) is 1. The molecule has 4 aromatic carbocycles. The molecule has 4 nitrogen and oxygen atoms in total. The van der Waals surface area contributed by atoms with E-state index >= 15 is 0 Å². The third kappa shape index (κ3) is 4.56. The lowest BCUT2D eigenvalue weighted by Crippen LogP contribution is -2.37. The molecule has 4 aromatic rings. The molecule has 0 bridgehead atoms. The quantitative estimate of drug-likeness (QED) is 0.291. The predicted molar refractivity (Wildman–Crippen MR) is 149 cm³/mol. The second-order valence-electron chi connectivity index (χ2n) is 9.67. The van der Waals surface area contributed by atoms with Gasteiger partial charge in [0.15, 0.2) is 5.82 Å². The van der Waals surface area contributed by atoms with Crippen molar-refractivity contribution in [2.24, 2.45) is 0 Å². The topological polar surface area (TPSA) is 44.4 Å². The van der Waals surface area contributed by atoms with Crippen LogP contribution in [0.2, 0.25) is 5.02 Å². The molecule has 6 rings (SSSR count). The molecule has 0 fully saturated rings. The molecular formula is C31H27ClFN3O. The molecular weight excluding hydrogens is 485 g/mol. The van der Waals surface area contributed by atoms with Gasteiger partial charge in [-0.25, -0.2) is 9.18 Å². The molecule has 0 aromatic heterocycles. The summed E-state index contributed by atoms with van der Waals surface area (Å²) < 4.78 is 14.4. The molecule has 2 heterocycles. The van der Waals surface area contributed by atoms with Crippen molar-refractivity contribution in [3.63, 3.8) is 0 Å². The van der Waals surface area contributed by atoms with Crippen molar-refractivity contribution in [3.8, 4) is 0 Å². The highest BCUT2D eigenvalue weighted by molar-refractivity contribution is 6.31. The number of benzene rings is 4. The number of halogens is 2. The van der Waals surface area contributed by atoms with E-state index in [9.17, 15) is 9.18 Å². The lowest BCUT2D eigenvalue weighted by atomic mass is 9.76. The molecule has 0 saturated carbocycles. The van der Waals surface area contributed by atoms with Crippen molar-refractivity contribution in [2.45, 2.75) is 24.7 Å². The zero-order chi connectivity index (χ0) is 25.4. The van der Waals surface area contributed by atoms with Crippen LogP contribution in [-0.4, -0.2) is 19.1 Å². The fourth-order valence-corrected chi connectivity index (χ4v) is 5.99. The third-order valence-electron chi connectivity index (χ3n) is 7.47. The van der Waals surface area contributed by atoms with Gasteiger partial charge in [0.05, 0.1) is 10.7 Å². The summed E-state index contributed by atoms with van der Waals surface area (Å²) in [6.45, 7) is 2.00. The van der Waals surface area contributed by atoms with E-state index in [-0.39, 0.29) is 22.5 Å². The van der Waals surface area contributed by atoms with E-state index in [1.807, 2.05) is 12.1 Å². The molecule has 0 aliphatic carbocycles. The fourth-order valence-electron chi connectivity index (χ4n) is 5.81. The van der Waals surface area contributed by atoms with Crippen molar-refractivity contribution in [3.05, 3.63) is 124 Å². The number of rotatable bonds is 4. The zero-order valence-corrected chi connectivity index (χ0v) is 21.0. The van der Waals surface area contributed by atoms with Gasteiger partial charge in [-0.1, -0.05) is 78.3 Å². The Balaban J connectivity index is 1.42. The molecule has 0 radical (unpaired) electrons. The minimum absolute atomic E-state index is 0.0347.